The fourth-order valence-corrected chi connectivity index (χ4v) is 4.03. The minimum Gasteiger partial charge on any atom is -0.379 e. The summed E-state index contributed by atoms with van der Waals surface area (Å²) >= 11 is 0. The molecule has 1 fully saturated rings. The molecular weight excluding hydrogens is 276 g/mol. The van der Waals surface area contributed by atoms with Crippen molar-refractivity contribution < 1.29 is 13.2 Å². The first-order valence-corrected chi connectivity index (χ1v) is 7.97. The van der Waals surface area contributed by atoms with Crippen molar-refractivity contribution in [2.24, 2.45) is 0 Å². The van der Waals surface area contributed by atoms with E-state index in [0.717, 1.165) is 11.1 Å². The molecule has 0 bridgehead atoms. The molecule has 1 saturated heterocycles. The van der Waals surface area contributed by atoms with Crippen LogP contribution in [0.4, 0.5) is 0 Å². The van der Waals surface area contributed by atoms with E-state index in [-0.39, 0.29) is 0 Å². The standard InChI is InChI=1S/C14H16N2O3S/c1-11-4-5-13(12-3-2-6-15-14(11)12)20(17,18)16-7-9-19-10-8-16/h2-6H,7-10H2,1H3. The molecule has 0 spiro atoms. The molecule has 0 atom stereocenters. The Hall–Kier alpha value is -1.50. The SMILES string of the molecule is Cc1ccc(S(=O)(=O)N2CCOCC2)c2cccnc12. The molecule has 1 aliphatic rings. The van der Waals surface area contributed by atoms with E-state index in [9.17, 15) is 8.42 Å². The number of ether oxygens (including phenoxy) is 1. The first-order chi connectivity index (χ1) is 9.60. The van der Waals surface area contributed by atoms with E-state index < -0.39 is 10.0 Å². The Balaban J connectivity index is 2.16. The fraction of sp³-hybridized carbons (Fsp3) is 0.357. The summed E-state index contributed by atoms with van der Waals surface area (Å²) in [5.41, 5.74) is 1.71. The Kier molecular flexibility index (Phi) is 3.45. The predicted molar refractivity (Wildman–Crippen MR) is 76.1 cm³/mol. The molecule has 106 valence electrons. The third-order valence-corrected chi connectivity index (χ3v) is 5.48. The quantitative estimate of drug-likeness (QED) is 0.843. The van der Waals surface area contributed by atoms with Gasteiger partial charge in [0.1, 0.15) is 0 Å². The van der Waals surface area contributed by atoms with Crippen LogP contribution in [0.2, 0.25) is 0 Å². The van der Waals surface area contributed by atoms with Crippen LogP contribution < -0.4 is 0 Å². The number of aryl methyl sites for hydroxylation is 1. The van der Waals surface area contributed by atoms with Crippen molar-refractivity contribution in [3.05, 3.63) is 36.0 Å². The minimum atomic E-state index is -3.49. The summed E-state index contributed by atoms with van der Waals surface area (Å²) in [6, 6.07) is 7.05. The Bertz CT molecular complexity index is 737. The molecule has 0 aliphatic carbocycles. The molecular formula is C14H16N2O3S. The number of fused-ring (bicyclic) bond motifs is 1. The number of nitrogens with zero attached hydrogens (tertiary/aromatic N) is 2. The molecule has 1 aromatic heterocycles. The molecule has 20 heavy (non-hydrogen) atoms. The van der Waals surface area contributed by atoms with E-state index in [0.29, 0.717) is 36.6 Å². The van der Waals surface area contributed by atoms with E-state index in [1.165, 1.54) is 4.31 Å². The van der Waals surface area contributed by atoms with E-state index >= 15 is 0 Å². The van der Waals surface area contributed by atoms with E-state index in [2.05, 4.69) is 4.98 Å². The molecule has 6 heteroatoms. The highest BCUT2D eigenvalue weighted by Gasteiger charge is 2.28. The number of hydrogen-bond acceptors (Lipinski definition) is 4. The maximum atomic E-state index is 12.8. The van der Waals surface area contributed by atoms with Crippen LogP contribution in [0.15, 0.2) is 35.4 Å². The lowest BCUT2D eigenvalue weighted by atomic mass is 10.1. The molecule has 0 N–H and O–H groups in total. The topological polar surface area (TPSA) is 59.5 Å². The summed E-state index contributed by atoms with van der Waals surface area (Å²) in [5, 5.41) is 0.680. The molecule has 0 saturated carbocycles. The van der Waals surface area contributed by atoms with Crippen LogP contribution in [0.3, 0.4) is 0 Å². The Morgan fingerprint density at radius 3 is 2.70 bits per heavy atom. The number of aromatic nitrogens is 1. The van der Waals surface area contributed by atoms with Gasteiger partial charge in [-0.15, -0.1) is 0 Å². The summed E-state index contributed by atoms with van der Waals surface area (Å²) in [6.45, 7) is 3.62. The summed E-state index contributed by atoms with van der Waals surface area (Å²) in [7, 11) is -3.49. The molecule has 5 nitrogen and oxygen atoms in total. The number of morpholine rings is 1. The van der Waals surface area contributed by atoms with Crippen LogP contribution >= 0.6 is 0 Å². The Labute approximate surface area is 118 Å². The molecule has 0 unspecified atom stereocenters. The van der Waals surface area contributed by atoms with E-state index in [4.69, 9.17) is 4.74 Å². The van der Waals surface area contributed by atoms with Gasteiger partial charge < -0.3 is 4.74 Å². The van der Waals surface area contributed by atoms with E-state index in [1.807, 2.05) is 19.1 Å². The van der Waals surface area contributed by atoms with Crippen LogP contribution in [0, 0.1) is 6.92 Å². The highest BCUT2D eigenvalue weighted by atomic mass is 32.2. The first kappa shape index (κ1) is 13.5. The summed E-state index contributed by atoms with van der Waals surface area (Å²) in [5.74, 6) is 0. The van der Waals surface area contributed by atoms with Crippen LogP contribution in [0.5, 0.6) is 0 Å². The zero-order valence-electron chi connectivity index (χ0n) is 11.2. The lowest BCUT2D eigenvalue weighted by Gasteiger charge is -2.26. The smallest absolute Gasteiger partial charge is 0.243 e. The summed E-state index contributed by atoms with van der Waals surface area (Å²) in [4.78, 5) is 4.62. The van der Waals surface area contributed by atoms with Crippen LogP contribution in [-0.4, -0.2) is 44.0 Å². The van der Waals surface area contributed by atoms with Crippen LogP contribution in [0.1, 0.15) is 5.56 Å². The van der Waals surface area contributed by atoms with Gasteiger partial charge in [0.25, 0.3) is 0 Å². The minimum absolute atomic E-state index is 0.327. The normalized spacial score (nSPS) is 17.4. The van der Waals surface area contributed by atoms with Crippen molar-refractivity contribution in [2.75, 3.05) is 26.3 Å². The summed E-state index contributed by atoms with van der Waals surface area (Å²) < 4.78 is 32.2. The zero-order chi connectivity index (χ0) is 14.2. The highest BCUT2D eigenvalue weighted by molar-refractivity contribution is 7.89. The van der Waals surface area contributed by atoms with Crippen LogP contribution in [0.25, 0.3) is 10.9 Å². The zero-order valence-corrected chi connectivity index (χ0v) is 12.1. The highest BCUT2D eigenvalue weighted by Crippen LogP contribution is 2.27. The van der Waals surface area contributed by atoms with Gasteiger partial charge >= 0.3 is 0 Å². The number of benzene rings is 1. The van der Waals surface area contributed by atoms with Gasteiger partial charge in [0.05, 0.1) is 23.6 Å². The largest absolute Gasteiger partial charge is 0.379 e. The second kappa shape index (κ2) is 5.12. The van der Waals surface area contributed by atoms with Gasteiger partial charge in [0.15, 0.2) is 0 Å². The molecule has 1 aromatic carbocycles. The fourth-order valence-electron chi connectivity index (χ4n) is 2.44. The first-order valence-electron chi connectivity index (χ1n) is 6.53. The lowest BCUT2D eigenvalue weighted by Crippen LogP contribution is -2.40. The lowest BCUT2D eigenvalue weighted by molar-refractivity contribution is 0.0730. The van der Waals surface area contributed by atoms with Gasteiger partial charge in [-0.2, -0.15) is 4.31 Å². The third kappa shape index (κ3) is 2.19. The van der Waals surface area contributed by atoms with Gasteiger partial charge in [-0.3, -0.25) is 4.98 Å². The van der Waals surface area contributed by atoms with Crippen molar-refractivity contribution in [1.29, 1.82) is 0 Å². The number of sulfonamides is 1. The van der Waals surface area contributed by atoms with E-state index in [1.54, 1.807) is 18.3 Å². The molecule has 0 radical (unpaired) electrons. The molecule has 0 amide bonds. The van der Waals surface area contributed by atoms with Crippen molar-refractivity contribution in [1.82, 2.24) is 9.29 Å². The molecule has 2 heterocycles. The van der Waals surface area contributed by atoms with Gasteiger partial charge in [0.2, 0.25) is 10.0 Å². The molecule has 2 aromatic rings. The average Bonchev–Trinajstić information content (AvgIpc) is 2.48. The average molecular weight is 292 g/mol. The van der Waals surface area contributed by atoms with Crippen molar-refractivity contribution in [2.45, 2.75) is 11.8 Å². The molecule has 3 rings (SSSR count). The van der Waals surface area contributed by atoms with Crippen molar-refractivity contribution in [3.63, 3.8) is 0 Å². The maximum Gasteiger partial charge on any atom is 0.243 e. The number of hydrogen-bond donors (Lipinski definition) is 0. The van der Waals surface area contributed by atoms with Gasteiger partial charge in [-0.1, -0.05) is 6.07 Å². The third-order valence-electron chi connectivity index (χ3n) is 3.52. The Morgan fingerprint density at radius 2 is 1.95 bits per heavy atom. The van der Waals surface area contributed by atoms with Gasteiger partial charge in [-0.05, 0) is 30.7 Å². The van der Waals surface area contributed by atoms with Crippen molar-refractivity contribution >= 4 is 20.9 Å². The summed E-state index contributed by atoms with van der Waals surface area (Å²) in [6.07, 6.45) is 1.68. The van der Waals surface area contributed by atoms with Crippen LogP contribution in [-0.2, 0) is 14.8 Å². The monoisotopic (exact) mass is 292 g/mol. The second-order valence-electron chi connectivity index (χ2n) is 4.80. The van der Waals surface area contributed by atoms with Crippen molar-refractivity contribution in [3.8, 4) is 0 Å². The van der Waals surface area contributed by atoms with Gasteiger partial charge in [-0.25, -0.2) is 8.42 Å². The van der Waals surface area contributed by atoms with Gasteiger partial charge in [0, 0.05) is 24.7 Å². The predicted octanol–water partition coefficient (Wildman–Crippen LogP) is 1.56. The molecule has 1 aliphatic heterocycles. The number of pyridine rings is 1. The maximum absolute atomic E-state index is 12.8. The number of rotatable bonds is 2. The second-order valence-corrected chi connectivity index (χ2v) is 6.70. The Morgan fingerprint density at radius 1 is 1.20 bits per heavy atom.